The summed E-state index contributed by atoms with van der Waals surface area (Å²) >= 11 is 12.0. The van der Waals surface area contributed by atoms with Crippen molar-refractivity contribution in [3.63, 3.8) is 0 Å². The first-order valence-electron chi connectivity index (χ1n) is 9.62. The maximum Gasteiger partial charge on any atom is 0.226 e. The van der Waals surface area contributed by atoms with Gasteiger partial charge in [-0.25, -0.2) is 0 Å². The Labute approximate surface area is 165 Å². The van der Waals surface area contributed by atoms with Gasteiger partial charge in [0, 0.05) is 19.0 Å². The van der Waals surface area contributed by atoms with Gasteiger partial charge in [0.1, 0.15) is 0 Å². The van der Waals surface area contributed by atoms with Crippen molar-refractivity contribution in [2.75, 3.05) is 26.2 Å². The Morgan fingerprint density at radius 3 is 2.62 bits per heavy atom. The monoisotopic (exact) mass is 396 g/mol. The van der Waals surface area contributed by atoms with Gasteiger partial charge in [0.05, 0.1) is 22.8 Å². The Morgan fingerprint density at radius 2 is 1.92 bits per heavy atom. The van der Waals surface area contributed by atoms with Crippen LogP contribution in [0, 0.1) is 11.3 Å². The first kappa shape index (κ1) is 18.5. The lowest BCUT2D eigenvalue weighted by Crippen LogP contribution is -2.43. The van der Waals surface area contributed by atoms with Crippen LogP contribution in [0.25, 0.3) is 0 Å². The summed E-state index contributed by atoms with van der Waals surface area (Å²) < 4.78 is 6.03. The SMILES string of the molecule is O=C(C1CC12CCNCC2)N1CCC(OCc2ccc(Cl)c(Cl)c2)CC1. The lowest BCUT2D eigenvalue weighted by atomic mass is 9.91. The summed E-state index contributed by atoms with van der Waals surface area (Å²) in [5, 5.41) is 4.53. The molecule has 4 nitrogen and oxygen atoms in total. The van der Waals surface area contributed by atoms with Crippen molar-refractivity contribution in [1.82, 2.24) is 10.2 Å². The van der Waals surface area contributed by atoms with Crippen molar-refractivity contribution in [3.8, 4) is 0 Å². The molecule has 142 valence electrons. The van der Waals surface area contributed by atoms with Gasteiger partial charge in [0.25, 0.3) is 0 Å². The van der Waals surface area contributed by atoms with Crippen LogP contribution >= 0.6 is 23.2 Å². The molecule has 0 bridgehead atoms. The summed E-state index contributed by atoms with van der Waals surface area (Å²) in [6.07, 6.45) is 5.45. The van der Waals surface area contributed by atoms with Gasteiger partial charge in [-0.2, -0.15) is 0 Å². The minimum atomic E-state index is 0.209. The highest BCUT2D eigenvalue weighted by atomic mass is 35.5. The van der Waals surface area contributed by atoms with Crippen LogP contribution in [-0.2, 0) is 16.1 Å². The van der Waals surface area contributed by atoms with Gasteiger partial charge in [0.2, 0.25) is 5.91 Å². The van der Waals surface area contributed by atoms with E-state index in [0.29, 0.717) is 28.0 Å². The molecular formula is C20H26Cl2N2O2. The summed E-state index contributed by atoms with van der Waals surface area (Å²) in [4.78, 5) is 14.9. The normalized spacial score (nSPS) is 25.5. The van der Waals surface area contributed by atoms with Crippen molar-refractivity contribution < 1.29 is 9.53 Å². The number of nitrogens with one attached hydrogen (secondary N) is 1. The lowest BCUT2D eigenvalue weighted by Gasteiger charge is -2.33. The molecule has 1 aliphatic carbocycles. The van der Waals surface area contributed by atoms with Crippen LogP contribution in [0.2, 0.25) is 10.0 Å². The summed E-state index contributed by atoms with van der Waals surface area (Å²) in [5.41, 5.74) is 1.35. The molecule has 3 aliphatic rings. The summed E-state index contributed by atoms with van der Waals surface area (Å²) in [6, 6.07) is 5.60. The van der Waals surface area contributed by atoms with Crippen molar-refractivity contribution in [2.24, 2.45) is 11.3 Å². The molecule has 1 unspecified atom stereocenters. The van der Waals surface area contributed by atoms with Gasteiger partial charge in [-0.3, -0.25) is 4.79 Å². The lowest BCUT2D eigenvalue weighted by molar-refractivity contribution is -0.136. The number of rotatable bonds is 4. The molecule has 1 aromatic rings. The number of hydrogen-bond acceptors (Lipinski definition) is 3. The topological polar surface area (TPSA) is 41.6 Å². The van der Waals surface area contributed by atoms with Crippen molar-refractivity contribution in [1.29, 1.82) is 0 Å². The molecule has 4 rings (SSSR count). The second-order valence-corrected chi connectivity index (χ2v) is 8.77. The number of benzene rings is 1. The second kappa shape index (κ2) is 7.67. The predicted octanol–water partition coefficient (Wildman–Crippen LogP) is 3.89. The molecular weight excluding hydrogens is 371 g/mol. The van der Waals surface area contributed by atoms with E-state index < -0.39 is 0 Å². The van der Waals surface area contributed by atoms with E-state index in [1.807, 2.05) is 12.1 Å². The summed E-state index contributed by atoms with van der Waals surface area (Å²) in [5.74, 6) is 0.660. The van der Waals surface area contributed by atoms with Crippen LogP contribution in [0.1, 0.15) is 37.7 Å². The van der Waals surface area contributed by atoms with E-state index in [0.717, 1.165) is 63.8 Å². The Balaban J connectivity index is 1.23. The van der Waals surface area contributed by atoms with Crippen LogP contribution in [0.5, 0.6) is 0 Å². The molecule has 2 aliphatic heterocycles. The van der Waals surface area contributed by atoms with E-state index >= 15 is 0 Å². The number of carbonyl (C=O) groups excluding carboxylic acids is 1. The number of carbonyl (C=O) groups is 1. The highest BCUT2D eigenvalue weighted by molar-refractivity contribution is 6.42. The molecule has 0 aromatic heterocycles. The Bertz CT molecular complexity index is 668. The molecule has 6 heteroatoms. The standard InChI is InChI=1S/C20H26Cl2N2O2/c21-17-2-1-14(11-18(17)22)13-26-15-3-9-24(10-4-15)19(25)16-12-20(16)5-7-23-8-6-20/h1-2,11,15-16,23H,3-10,12-13H2. The maximum absolute atomic E-state index is 12.8. The van der Waals surface area contributed by atoms with Gasteiger partial charge in [0.15, 0.2) is 0 Å². The average Bonchev–Trinajstić information content (AvgIpc) is 3.36. The van der Waals surface area contributed by atoms with Gasteiger partial charge in [-0.15, -0.1) is 0 Å². The van der Waals surface area contributed by atoms with Gasteiger partial charge < -0.3 is 15.0 Å². The number of ether oxygens (including phenoxy) is 1. The molecule has 1 N–H and O–H groups in total. The average molecular weight is 397 g/mol. The Hall–Kier alpha value is -0.810. The first-order valence-corrected chi connectivity index (χ1v) is 10.4. The van der Waals surface area contributed by atoms with Crippen LogP contribution < -0.4 is 5.32 Å². The number of piperidine rings is 2. The van der Waals surface area contributed by atoms with Gasteiger partial charge >= 0.3 is 0 Å². The minimum absolute atomic E-state index is 0.209. The van der Waals surface area contributed by atoms with E-state index in [1.165, 1.54) is 0 Å². The van der Waals surface area contributed by atoms with Crippen LogP contribution in [0.15, 0.2) is 18.2 Å². The first-order chi connectivity index (χ1) is 12.6. The molecule has 1 saturated carbocycles. The third kappa shape index (κ3) is 3.89. The van der Waals surface area contributed by atoms with E-state index in [-0.39, 0.29) is 12.0 Å². The largest absolute Gasteiger partial charge is 0.373 e. The summed E-state index contributed by atoms with van der Waals surface area (Å²) in [7, 11) is 0. The van der Waals surface area contributed by atoms with E-state index in [9.17, 15) is 4.79 Å². The Morgan fingerprint density at radius 1 is 1.19 bits per heavy atom. The molecule has 26 heavy (non-hydrogen) atoms. The zero-order valence-electron chi connectivity index (χ0n) is 15.0. The van der Waals surface area contributed by atoms with Crippen molar-refractivity contribution >= 4 is 29.1 Å². The fourth-order valence-corrected chi connectivity index (χ4v) is 4.80. The van der Waals surface area contributed by atoms with Crippen LogP contribution in [0.3, 0.4) is 0 Å². The van der Waals surface area contributed by atoms with E-state index in [1.54, 1.807) is 6.07 Å². The molecule has 2 heterocycles. The molecule has 1 aromatic carbocycles. The zero-order valence-corrected chi connectivity index (χ0v) is 16.5. The van der Waals surface area contributed by atoms with E-state index in [2.05, 4.69) is 10.2 Å². The zero-order chi connectivity index (χ0) is 18.1. The second-order valence-electron chi connectivity index (χ2n) is 7.95. The van der Waals surface area contributed by atoms with Crippen molar-refractivity contribution in [2.45, 2.75) is 44.8 Å². The highest BCUT2D eigenvalue weighted by Gasteiger charge is 2.58. The van der Waals surface area contributed by atoms with Crippen molar-refractivity contribution in [3.05, 3.63) is 33.8 Å². The molecule has 1 spiro atoms. The molecule has 3 fully saturated rings. The fourth-order valence-electron chi connectivity index (χ4n) is 4.48. The van der Waals surface area contributed by atoms with Gasteiger partial charge in [-0.05, 0) is 68.3 Å². The number of amides is 1. The minimum Gasteiger partial charge on any atom is -0.373 e. The molecule has 2 saturated heterocycles. The van der Waals surface area contributed by atoms with Crippen LogP contribution in [0.4, 0.5) is 0 Å². The third-order valence-corrected chi connectivity index (χ3v) is 7.05. The predicted molar refractivity (Wildman–Crippen MR) is 103 cm³/mol. The number of nitrogens with zero attached hydrogens (tertiary/aromatic N) is 1. The summed E-state index contributed by atoms with van der Waals surface area (Å²) in [6.45, 7) is 4.29. The molecule has 1 atom stereocenters. The number of halogens is 2. The van der Waals surface area contributed by atoms with E-state index in [4.69, 9.17) is 27.9 Å². The quantitative estimate of drug-likeness (QED) is 0.838. The molecule has 1 amide bonds. The highest BCUT2D eigenvalue weighted by Crippen LogP contribution is 2.59. The maximum atomic E-state index is 12.8. The smallest absolute Gasteiger partial charge is 0.226 e. The fraction of sp³-hybridized carbons (Fsp3) is 0.650. The number of likely N-dealkylation sites (tertiary alicyclic amines) is 1. The van der Waals surface area contributed by atoms with Crippen LogP contribution in [-0.4, -0.2) is 43.1 Å². The van der Waals surface area contributed by atoms with Gasteiger partial charge in [-0.1, -0.05) is 29.3 Å². The molecule has 0 radical (unpaired) electrons. The Kier molecular flexibility index (Phi) is 5.47. The third-order valence-electron chi connectivity index (χ3n) is 6.31. The number of hydrogen-bond donors (Lipinski definition) is 1.